The van der Waals surface area contributed by atoms with Crippen molar-refractivity contribution in [3.63, 3.8) is 0 Å². The normalized spacial score (nSPS) is 16.8. The molecule has 1 fully saturated rings. The van der Waals surface area contributed by atoms with Crippen molar-refractivity contribution in [2.24, 2.45) is 0 Å². The highest BCUT2D eigenvalue weighted by molar-refractivity contribution is 6.30. The van der Waals surface area contributed by atoms with E-state index >= 15 is 0 Å². The summed E-state index contributed by atoms with van der Waals surface area (Å²) in [4.78, 5) is 0. The van der Waals surface area contributed by atoms with Crippen LogP contribution in [0.4, 0.5) is 0 Å². The van der Waals surface area contributed by atoms with Gasteiger partial charge in [0.25, 0.3) is 0 Å². The number of hydrogen-bond donors (Lipinski definition) is 1. The van der Waals surface area contributed by atoms with Crippen molar-refractivity contribution in [3.8, 4) is 0 Å². The monoisotopic (exact) mass is 269 g/mol. The maximum atomic E-state index is 5.86. The van der Waals surface area contributed by atoms with Crippen molar-refractivity contribution < 1.29 is 9.47 Å². The zero-order valence-corrected chi connectivity index (χ0v) is 11.5. The molecule has 3 nitrogen and oxygen atoms in total. The minimum absolute atomic E-state index is 0.103. The Morgan fingerprint density at radius 1 is 1.33 bits per heavy atom. The maximum absolute atomic E-state index is 5.86. The molecule has 100 valence electrons. The van der Waals surface area contributed by atoms with Gasteiger partial charge in [-0.1, -0.05) is 23.7 Å². The van der Waals surface area contributed by atoms with Crippen LogP contribution in [-0.2, 0) is 16.1 Å². The second kappa shape index (κ2) is 7.10. The van der Waals surface area contributed by atoms with E-state index in [0.717, 1.165) is 17.1 Å². The minimum Gasteiger partial charge on any atom is -0.382 e. The first kappa shape index (κ1) is 13.8. The highest BCUT2D eigenvalue weighted by Gasteiger charge is 2.22. The predicted octanol–water partition coefficient (Wildman–Crippen LogP) is 2.62. The molecule has 1 N–H and O–H groups in total. The van der Waals surface area contributed by atoms with Crippen LogP contribution in [0.25, 0.3) is 0 Å². The molecule has 1 aliphatic rings. The molecule has 18 heavy (non-hydrogen) atoms. The van der Waals surface area contributed by atoms with E-state index < -0.39 is 0 Å². The van der Waals surface area contributed by atoms with Gasteiger partial charge in [0.2, 0.25) is 0 Å². The van der Waals surface area contributed by atoms with Gasteiger partial charge in [0.1, 0.15) is 0 Å². The van der Waals surface area contributed by atoms with E-state index in [9.17, 15) is 0 Å². The largest absolute Gasteiger partial charge is 0.382 e. The molecule has 1 aromatic carbocycles. The molecule has 1 aliphatic carbocycles. The fourth-order valence-electron chi connectivity index (χ4n) is 1.73. The van der Waals surface area contributed by atoms with Crippen molar-refractivity contribution in [1.82, 2.24) is 5.32 Å². The molecule has 0 amide bonds. The third-order valence-electron chi connectivity index (χ3n) is 2.96. The Kier molecular flexibility index (Phi) is 5.45. The molecule has 0 spiro atoms. The fraction of sp³-hybridized carbons (Fsp3) is 0.571. The summed E-state index contributed by atoms with van der Waals surface area (Å²) < 4.78 is 11.0. The number of benzene rings is 1. The third kappa shape index (κ3) is 4.94. The molecule has 0 heterocycles. The SMILES string of the molecule is COCC(CNC1CC1)OCc1ccc(Cl)cc1. The van der Waals surface area contributed by atoms with Crippen molar-refractivity contribution in [2.75, 3.05) is 20.3 Å². The molecule has 0 bridgehead atoms. The molecule has 0 aromatic heterocycles. The standard InChI is InChI=1S/C14H20ClNO2/c1-17-10-14(8-16-13-6-7-13)18-9-11-2-4-12(15)5-3-11/h2-5,13-14,16H,6-10H2,1H3. The molecule has 2 rings (SSSR count). The number of hydrogen-bond acceptors (Lipinski definition) is 3. The van der Waals surface area contributed by atoms with E-state index in [4.69, 9.17) is 21.1 Å². The Bertz CT molecular complexity index is 351. The van der Waals surface area contributed by atoms with E-state index in [2.05, 4.69) is 5.32 Å². The Balaban J connectivity index is 1.74. The van der Waals surface area contributed by atoms with Gasteiger partial charge in [-0.2, -0.15) is 0 Å². The van der Waals surface area contributed by atoms with Gasteiger partial charge in [-0.15, -0.1) is 0 Å². The van der Waals surface area contributed by atoms with Gasteiger partial charge in [-0.3, -0.25) is 0 Å². The Labute approximate surface area is 113 Å². The molecule has 1 saturated carbocycles. The van der Waals surface area contributed by atoms with E-state index in [-0.39, 0.29) is 6.10 Å². The first-order valence-electron chi connectivity index (χ1n) is 6.36. The van der Waals surface area contributed by atoms with Crippen LogP contribution in [0.3, 0.4) is 0 Å². The lowest BCUT2D eigenvalue weighted by Gasteiger charge is -2.17. The number of nitrogens with one attached hydrogen (secondary N) is 1. The number of methoxy groups -OCH3 is 1. The lowest BCUT2D eigenvalue weighted by atomic mass is 10.2. The first-order chi connectivity index (χ1) is 8.78. The topological polar surface area (TPSA) is 30.5 Å². The van der Waals surface area contributed by atoms with Gasteiger partial charge in [0.05, 0.1) is 19.3 Å². The molecule has 1 aromatic rings. The Hall–Kier alpha value is -0.610. The van der Waals surface area contributed by atoms with Gasteiger partial charge in [0, 0.05) is 24.7 Å². The van der Waals surface area contributed by atoms with Crippen LogP contribution in [0.2, 0.25) is 5.02 Å². The lowest BCUT2D eigenvalue weighted by molar-refractivity contribution is -0.0103. The van der Waals surface area contributed by atoms with Gasteiger partial charge < -0.3 is 14.8 Å². The van der Waals surface area contributed by atoms with Gasteiger partial charge in [-0.25, -0.2) is 0 Å². The molecule has 0 aliphatic heterocycles. The Morgan fingerprint density at radius 2 is 2.06 bits per heavy atom. The maximum Gasteiger partial charge on any atom is 0.0936 e. The molecule has 0 radical (unpaired) electrons. The van der Waals surface area contributed by atoms with Gasteiger partial charge >= 0.3 is 0 Å². The molecule has 0 saturated heterocycles. The van der Waals surface area contributed by atoms with Gasteiger partial charge in [-0.05, 0) is 30.5 Å². The smallest absolute Gasteiger partial charge is 0.0936 e. The molecule has 1 unspecified atom stereocenters. The molecule has 4 heteroatoms. The van der Waals surface area contributed by atoms with Crippen molar-refractivity contribution in [1.29, 1.82) is 0 Å². The van der Waals surface area contributed by atoms with E-state index in [0.29, 0.717) is 19.3 Å². The summed E-state index contributed by atoms with van der Waals surface area (Å²) in [6, 6.07) is 8.44. The highest BCUT2D eigenvalue weighted by Crippen LogP contribution is 2.18. The molecular formula is C14H20ClNO2. The van der Waals surface area contributed by atoms with Crippen LogP contribution in [0.5, 0.6) is 0 Å². The van der Waals surface area contributed by atoms with Crippen LogP contribution >= 0.6 is 11.6 Å². The average Bonchev–Trinajstić information content (AvgIpc) is 3.19. The average molecular weight is 270 g/mol. The quantitative estimate of drug-likeness (QED) is 0.787. The summed E-state index contributed by atoms with van der Waals surface area (Å²) >= 11 is 5.84. The number of rotatable bonds is 8. The summed E-state index contributed by atoms with van der Waals surface area (Å²) in [7, 11) is 1.70. The van der Waals surface area contributed by atoms with E-state index in [1.165, 1.54) is 12.8 Å². The Morgan fingerprint density at radius 3 is 2.67 bits per heavy atom. The number of ether oxygens (including phenoxy) is 2. The zero-order valence-electron chi connectivity index (χ0n) is 10.7. The third-order valence-corrected chi connectivity index (χ3v) is 3.22. The van der Waals surface area contributed by atoms with Crippen molar-refractivity contribution >= 4 is 11.6 Å². The highest BCUT2D eigenvalue weighted by atomic mass is 35.5. The second-order valence-corrected chi connectivity index (χ2v) is 5.13. The minimum atomic E-state index is 0.103. The second-order valence-electron chi connectivity index (χ2n) is 4.70. The van der Waals surface area contributed by atoms with Crippen LogP contribution in [0.15, 0.2) is 24.3 Å². The predicted molar refractivity (Wildman–Crippen MR) is 72.9 cm³/mol. The fourth-order valence-corrected chi connectivity index (χ4v) is 1.86. The van der Waals surface area contributed by atoms with Crippen LogP contribution in [0, 0.1) is 0 Å². The number of halogens is 1. The van der Waals surface area contributed by atoms with Crippen LogP contribution in [-0.4, -0.2) is 32.4 Å². The summed E-state index contributed by atoms with van der Waals surface area (Å²) in [5, 5.41) is 4.21. The summed E-state index contributed by atoms with van der Waals surface area (Å²) in [6.45, 7) is 2.07. The zero-order chi connectivity index (χ0) is 12.8. The van der Waals surface area contributed by atoms with Gasteiger partial charge in [0.15, 0.2) is 0 Å². The van der Waals surface area contributed by atoms with E-state index in [1.54, 1.807) is 7.11 Å². The molecular weight excluding hydrogens is 250 g/mol. The van der Waals surface area contributed by atoms with Crippen molar-refractivity contribution in [3.05, 3.63) is 34.9 Å². The summed E-state index contributed by atoms with van der Waals surface area (Å²) in [5.41, 5.74) is 1.13. The lowest BCUT2D eigenvalue weighted by Crippen LogP contribution is -2.33. The molecule has 1 atom stereocenters. The summed E-state index contributed by atoms with van der Waals surface area (Å²) in [6.07, 6.45) is 2.68. The van der Waals surface area contributed by atoms with Crippen LogP contribution in [0.1, 0.15) is 18.4 Å². The van der Waals surface area contributed by atoms with Crippen LogP contribution < -0.4 is 5.32 Å². The van der Waals surface area contributed by atoms with E-state index in [1.807, 2.05) is 24.3 Å². The first-order valence-corrected chi connectivity index (χ1v) is 6.74. The summed E-state index contributed by atoms with van der Waals surface area (Å²) in [5.74, 6) is 0. The van der Waals surface area contributed by atoms with Crippen molar-refractivity contribution in [2.45, 2.75) is 31.6 Å².